The summed E-state index contributed by atoms with van der Waals surface area (Å²) in [5, 5.41) is 8.51. The van der Waals surface area contributed by atoms with Crippen molar-refractivity contribution in [3.05, 3.63) is 35.9 Å². The molecule has 1 fully saturated rings. The van der Waals surface area contributed by atoms with Crippen LogP contribution in [-0.4, -0.2) is 43.6 Å². The van der Waals surface area contributed by atoms with E-state index < -0.39 is 5.97 Å². The highest BCUT2D eigenvalue weighted by atomic mass is 16.6. The Labute approximate surface area is 111 Å². The smallest absolute Gasteiger partial charge is 0.328 e. The number of benzene rings is 1. The summed E-state index contributed by atoms with van der Waals surface area (Å²) in [5.74, 6) is -0.224. The van der Waals surface area contributed by atoms with Crippen molar-refractivity contribution in [1.82, 2.24) is 0 Å². The quantitative estimate of drug-likeness (QED) is 0.598. The van der Waals surface area contributed by atoms with Crippen LogP contribution < -0.4 is 4.74 Å². The third-order valence-corrected chi connectivity index (χ3v) is 2.61. The van der Waals surface area contributed by atoms with Gasteiger partial charge in [-0.05, 0) is 23.8 Å². The fourth-order valence-electron chi connectivity index (χ4n) is 1.53. The van der Waals surface area contributed by atoms with Crippen LogP contribution in [0.5, 0.6) is 5.75 Å². The molecule has 0 unspecified atom stereocenters. The standard InChI is InChI=1S/C14H16O5/c15-14(16)6-3-11-1-4-12(5-2-11)18-7-8-19-13-9-17-10-13/h1-6,13H,7-10H2,(H,15,16)/b6-3+. The normalized spacial score (nSPS) is 15.4. The average molecular weight is 264 g/mol. The monoisotopic (exact) mass is 264 g/mol. The second-order valence-corrected chi connectivity index (χ2v) is 4.12. The first-order valence-corrected chi connectivity index (χ1v) is 6.07. The van der Waals surface area contributed by atoms with E-state index in [0.29, 0.717) is 26.4 Å². The van der Waals surface area contributed by atoms with Gasteiger partial charge in [-0.3, -0.25) is 0 Å². The summed E-state index contributed by atoms with van der Waals surface area (Å²) in [5.41, 5.74) is 0.817. The van der Waals surface area contributed by atoms with Crippen LogP contribution in [-0.2, 0) is 14.3 Å². The molecule has 0 radical (unpaired) electrons. The van der Waals surface area contributed by atoms with Crippen molar-refractivity contribution in [2.45, 2.75) is 6.10 Å². The predicted molar refractivity (Wildman–Crippen MR) is 69.2 cm³/mol. The fourth-order valence-corrected chi connectivity index (χ4v) is 1.53. The number of ether oxygens (including phenoxy) is 3. The van der Waals surface area contributed by atoms with E-state index >= 15 is 0 Å². The third-order valence-electron chi connectivity index (χ3n) is 2.61. The van der Waals surface area contributed by atoms with Crippen LogP contribution in [0.4, 0.5) is 0 Å². The van der Waals surface area contributed by atoms with Crippen LogP contribution >= 0.6 is 0 Å². The lowest BCUT2D eigenvalue weighted by Crippen LogP contribution is -2.37. The zero-order valence-corrected chi connectivity index (χ0v) is 10.5. The van der Waals surface area contributed by atoms with Gasteiger partial charge >= 0.3 is 5.97 Å². The molecule has 1 aromatic carbocycles. The van der Waals surface area contributed by atoms with E-state index in [2.05, 4.69) is 0 Å². The molecule has 19 heavy (non-hydrogen) atoms. The van der Waals surface area contributed by atoms with Gasteiger partial charge < -0.3 is 19.3 Å². The molecule has 1 aliphatic heterocycles. The molecule has 0 aromatic heterocycles. The zero-order valence-electron chi connectivity index (χ0n) is 10.5. The Morgan fingerprint density at radius 1 is 1.32 bits per heavy atom. The van der Waals surface area contributed by atoms with Crippen LogP contribution in [0.15, 0.2) is 30.3 Å². The number of hydrogen-bond donors (Lipinski definition) is 1. The Balaban J connectivity index is 1.70. The summed E-state index contributed by atoms with van der Waals surface area (Å²) in [6, 6.07) is 7.20. The van der Waals surface area contributed by atoms with Crippen LogP contribution in [0, 0.1) is 0 Å². The summed E-state index contributed by atoms with van der Waals surface area (Å²) < 4.78 is 16.0. The average Bonchev–Trinajstić information content (AvgIpc) is 2.35. The van der Waals surface area contributed by atoms with Gasteiger partial charge in [0.15, 0.2) is 0 Å². The molecular formula is C14H16O5. The Kier molecular flexibility index (Phi) is 4.94. The Bertz CT molecular complexity index is 434. The number of hydrogen-bond acceptors (Lipinski definition) is 4. The van der Waals surface area contributed by atoms with Gasteiger partial charge in [0.2, 0.25) is 0 Å². The summed E-state index contributed by atoms with van der Waals surface area (Å²) in [4.78, 5) is 10.4. The molecule has 1 aromatic rings. The first-order valence-electron chi connectivity index (χ1n) is 6.07. The minimum Gasteiger partial charge on any atom is -0.491 e. The molecule has 0 atom stereocenters. The summed E-state index contributed by atoms with van der Waals surface area (Å²) in [7, 11) is 0. The number of carbonyl (C=O) groups is 1. The van der Waals surface area contributed by atoms with Gasteiger partial charge in [-0.15, -0.1) is 0 Å². The van der Waals surface area contributed by atoms with Gasteiger partial charge in [0.05, 0.1) is 19.8 Å². The number of aliphatic carboxylic acids is 1. The van der Waals surface area contributed by atoms with Crippen molar-refractivity contribution in [3.63, 3.8) is 0 Å². The molecule has 5 nitrogen and oxygen atoms in total. The topological polar surface area (TPSA) is 65.0 Å². The molecule has 0 spiro atoms. The zero-order chi connectivity index (χ0) is 13.5. The first-order chi connectivity index (χ1) is 9.24. The lowest BCUT2D eigenvalue weighted by atomic mass is 10.2. The van der Waals surface area contributed by atoms with Crippen LogP contribution in [0.1, 0.15) is 5.56 Å². The lowest BCUT2D eigenvalue weighted by molar-refractivity contribution is -0.132. The Hall–Kier alpha value is -1.85. The van der Waals surface area contributed by atoms with E-state index in [1.165, 1.54) is 6.08 Å². The maximum Gasteiger partial charge on any atom is 0.328 e. The highest BCUT2D eigenvalue weighted by molar-refractivity contribution is 5.85. The van der Waals surface area contributed by atoms with E-state index in [0.717, 1.165) is 17.4 Å². The predicted octanol–water partition coefficient (Wildman–Crippen LogP) is 1.58. The van der Waals surface area contributed by atoms with Crippen molar-refractivity contribution in [2.24, 2.45) is 0 Å². The molecule has 2 rings (SSSR count). The largest absolute Gasteiger partial charge is 0.491 e. The SMILES string of the molecule is O=C(O)/C=C/c1ccc(OCCOC2COC2)cc1. The fraction of sp³-hybridized carbons (Fsp3) is 0.357. The lowest BCUT2D eigenvalue weighted by Gasteiger charge is -2.25. The van der Waals surface area contributed by atoms with Crippen molar-refractivity contribution >= 4 is 12.0 Å². The molecular weight excluding hydrogens is 248 g/mol. The summed E-state index contributed by atoms with van der Waals surface area (Å²) in [6.45, 7) is 2.37. The van der Waals surface area contributed by atoms with E-state index in [1.54, 1.807) is 24.3 Å². The van der Waals surface area contributed by atoms with Gasteiger partial charge in [-0.25, -0.2) is 4.79 Å². The number of carboxylic acid groups (broad SMARTS) is 1. The highest BCUT2D eigenvalue weighted by Crippen LogP contribution is 2.13. The molecule has 1 aliphatic rings. The van der Waals surface area contributed by atoms with Gasteiger partial charge in [0.1, 0.15) is 18.5 Å². The molecule has 0 amide bonds. The first kappa shape index (κ1) is 13.6. The molecule has 1 N–H and O–H groups in total. The van der Waals surface area contributed by atoms with Gasteiger partial charge in [0, 0.05) is 6.08 Å². The maximum absolute atomic E-state index is 10.4. The summed E-state index contributed by atoms with van der Waals surface area (Å²) >= 11 is 0. The van der Waals surface area contributed by atoms with E-state index in [9.17, 15) is 4.79 Å². The Morgan fingerprint density at radius 3 is 2.63 bits per heavy atom. The molecule has 5 heteroatoms. The van der Waals surface area contributed by atoms with Crippen molar-refractivity contribution in [1.29, 1.82) is 0 Å². The third kappa shape index (κ3) is 4.73. The maximum atomic E-state index is 10.4. The van der Waals surface area contributed by atoms with Crippen LogP contribution in [0.2, 0.25) is 0 Å². The number of carboxylic acids is 1. The minimum absolute atomic E-state index is 0.215. The van der Waals surface area contributed by atoms with Crippen molar-refractivity contribution in [3.8, 4) is 5.75 Å². The number of rotatable bonds is 7. The molecule has 1 heterocycles. The second-order valence-electron chi connectivity index (χ2n) is 4.12. The second kappa shape index (κ2) is 6.92. The molecule has 0 saturated carbocycles. The molecule has 1 saturated heterocycles. The van der Waals surface area contributed by atoms with Crippen LogP contribution in [0.25, 0.3) is 6.08 Å². The van der Waals surface area contributed by atoms with E-state index in [1.807, 2.05) is 0 Å². The van der Waals surface area contributed by atoms with Crippen LogP contribution in [0.3, 0.4) is 0 Å². The minimum atomic E-state index is -0.961. The van der Waals surface area contributed by atoms with Gasteiger partial charge in [-0.2, -0.15) is 0 Å². The molecule has 0 aliphatic carbocycles. The Morgan fingerprint density at radius 2 is 2.05 bits per heavy atom. The van der Waals surface area contributed by atoms with E-state index in [4.69, 9.17) is 19.3 Å². The molecule has 102 valence electrons. The molecule has 0 bridgehead atoms. The van der Waals surface area contributed by atoms with Gasteiger partial charge in [-0.1, -0.05) is 12.1 Å². The van der Waals surface area contributed by atoms with E-state index in [-0.39, 0.29) is 6.10 Å². The van der Waals surface area contributed by atoms with Crippen molar-refractivity contribution in [2.75, 3.05) is 26.4 Å². The highest BCUT2D eigenvalue weighted by Gasteiger charge is 2.18. The summed E-state index contributed by atoms with van der Waals surface area (Å²) in [6.07, 6.45) is 2.85. The van der Waals surface area contributed by atoms with Crippen molar-refractivity contribution < 1.29 is 24.1 Å². The van der Waals surface area contributed by atoms with Gasteiger partial charge in [0.25, 0.3) is 0 Å².